The largest absolute Gasteiger partial charge is 0.485 e. The highest BCUT2D eigenvalue weighted by Gasteiger charge is 2.57. The van der Waals surface area contributed by atoms with Crippen molar-refractivity contribution in [2.75, 3.05) is 52.6 Å². The molecule has 0 bridgehead atoms. The van der Waals surface area contributed by atoms with E-state index in [1.54, 1.807) is 128 Å². The van der Waals surface area contributed by atoms with E-state index in [-0.39, 0.29) is 49.3 Å². The van der Waals surface area contributed by atoms with Crippen LogP contribution in [0.25, 0.3) is 0 Å². The lowest BCUT2D eigenvalue weighted by atomic mass is 9.85. The minimum atomic E-state index is -4.95. The molecule has 556 valence electrons. The number of benzene rings is 4. The van der Waals surface area contributed by atoms with E-state index in [4.69, 9.17) is 55.1 Å². The highest BCUT2D eigenvalue weighted by molar-refractivity contribution is 7.48. The first kappa shape index (κ1) is 77.5. The Morgan fingerprint density at radius 2 is 0.567 bits per heavy atom. The Labute approximate surface area is 600 Å². The molecule has 8 heterocycles. The van der Waals surface area contributed by atoms with Crippen molar-refractivity contribution in [1.82, 2.24) is 19.6 Å². The van der Waals surface area contributed by atoms with Gasteiger partial charge in [-0.3, -0.25) is 55.4 Å². The molecule has 12 rings (SSSR count). The zero-order valence-corrected chi connectivity index (χ0v) is 61.8. The van der Waals surface area contributed by atoms with Gasteiger partial charge in [0.05, 0.1) is 97.1 Å². The number of phosphoric ester groups is 4. The van der Waals surface area contributed by atoms with E-state index < -0.39 is 129 Å². The van der Waals surface area contributed by atoms with Crippen LogP contribution in [0.5, 0.6) is 23.0 Å². The van der Waals surface area contributed by atoms with Crippen molar-refractivity contribution in [2.24, 2.45) is 0 Å². The fourth-order valence-electron chi connectivity index (χ4n) is 14.5. The number of likely N-dealkylation sites (tertiary alicyclic amines) is 4. The highest BCUT2D eigenvalue weighted by atomic mass is 31.2. The average Bonchev–Trinajstić information content (AvgIpc) is 1.20. The third kappa shape index (κ3) is 16.6. The first-order chi connectivity index (χ1) is 48.9. The van der Waals surface area contributed by atoms with Crippen molar-refractivity contribution in [3.63, 3.8) is 0 Å². The molecule has 4 unspecified atom stereocenters. The van der Waals surface area contributed by atoms with Gasteiger partial charge >= 0.3 is 31.3 Å². The van der Waals surface area contributed by atoms with E-state index in [2.05, 4.69) is 24.3 Å². The van der Waals surface area contributed by atoms with Gasteiger partial charge in [0.1, 0.15) is 69.8 Å². The van der Waals surface area contributed by atoms with Crippen molar-refractivity contribution < 1.29 is 112 Å². The van der Waals surface area contributed by atoms with Crippen molar-refractivity contribution in [3.8, 4) is 47.3 Å². The first-order valence-electron chi connectivity index (χ1n) is 33.6. The van der Waals surface area contributed by atoms with E-state index in [0.717, 1.165) is 0 Å². The summed E-state index contributed by atoms with van der Waals surface area (Å²) in [6.45, 7) is 11.7. The van der Waals surface area contributed by atoms with Crippen molar-refractivity contribution >= 4 is 54.9 Å². The molecule has 8 aliphatic heterocycles. The topological polar surface area (TPSA) is 436 Å². The second-order valence-electron chi connectivity index (χ2n) is 28.1. The summed E-state index contributed by atoms with van der Waals surface area (Å²) in [5, 5.41) is 38.1. The second-order valence-corrected chi connectivity index (χ2v) is 33.8. The molecule has 12 atom stereocenters. The van der Waals surface area contributed by atoms with Gasteiger partial charge in [0, 0.05) is 74.1 Å². The van der Waals surface area contributed by atoms with Crippen LogP contribution in [0.3, 0.4) is 0 Å². The molecule has 4 N–H and O–H groups in total. The van der Waals surface area contributed by atoms with Gasteiger partial charge in [-0.05, 0) is 154 Å². The molecular formula is C68H80N8O24P4. The van der Waals surface area contributed by atoms with Crippen molar-refractivity contribution in [3.05, 3.63) is 117 Å². The number of hydrogen-bond donors (Lipinski definition) is 4. The molecule has 4 amide bonds. The first-order valence-corrected chi connectivity index (χ1v) is 39.6. The smallest absolute Gasteiger partial charge is 0.472 e. The van der Waals surface area contributed by atoms with Crippen LogP contribution < -0.4 is 18.9 Å². The SMILES string of the molecule is CC1(C)Oc2ccc(C#N)cc2[C@@H](N2CCCC2=O)[C@@H]1OP(=O)(O)OCCOP(=O)(O)O[C@H]1[C@H](N2CCCC2=O)c2cc(C#N)ccc2OC1(C)C.CC1(C)Oc2ccc(C#N)cc2[C@H](N2CCCC2=O)[C@H]1OP(=O)(O)OCCOP(=O)(O)O[C@@H]1[C@@H](N2CCCC2=O)c2cc(C#N)ccc2OC1(C)C. The Kier molecular flexibility index (Phi) is 22.3. The minimum absolute atomic E-state index is 0.192. The Balaban J connectivity index is 0.000000208. The molecule has 0 saturated carbocycles. The van der Waals surface area contributed by atoms with E-state index in [1.807, 2.05) is 0 Å². The molecule has 0 radical (unpaired) electrons. The Morgan fingerprint density at radius 1 is 0.375 bits per heavy atom. The van der Waals surface area contributed by atoms with Gasteiger partial charge in [-0.15, -0.1) is 0 Å². The quantitative estimate of drug-likeness (QED) is 0.0420. The average molecular weight is 1520 g/mol. The number of nitrogens with zero attached hydrogens (tertiary/aromatic N) is 8. The van der Waals surface area contributed by atoms with Crippen LogP contribution in [0.2, 0.25) is 0 Å². The van der Waals surface area contributed by atoms with Crippen LogP contribution in [0.15, 0.2) is 72.8 Å². The summed E-state index contributed by atoms with van der Waals surface area (Å²) in [7, 11) is -19.8. The molecule has 8 aliphatic rings. The van der Waals surface area contributed by atoms with E-state index in [9.17, 15) is 78.1 Å². The molecule has 0 spiro atoms. The molecule has 0 aliphatic carbocycles. The highest BCUT2D eigenvalue weighted by Crippen LogP contribution is 2.59. The third-order valence-corrected chi connectivity index (χ3v) is 23.2. The summed E-state index contributed by atoms with van der Waals surface area (Å²) in [6.07, 6.45) is -1.56. The molecule has 32 nitrogen and oxygen atoms in total. The number of phosphoric acid groups is 4. The molecule has 4 aromatic rings. The summed E-state index contributed by atoms with van der Waals surface area (Å²) in [5.41, 5.74) is -2.06. The summed E-state index contributed by atoms with van der Waals surface area (Å²) < 4.78 is 121. The fraction of sp³-hybridized carbons (Fsp3) is 0.529. The van der Waals surface area contributed by atoms with E-state index >= 15 is 0 Å². The minimum Gasteiger partial charge on any atom is -0.485 e. The Bertz CT molecular complexity index is 3880. The van der Waals surface area contributed by atoms with Crippen molar-refractivity contribution in [1.29, 1.82) is 21.0 Å². The number of fused-ring (bicyclic) bond motifs is 4. The van der Waals surface area contributed by atoms with E-state index in [1.165, 1.54) is 19.6 Å². The van der Waals surface area contributed by atoms with Crippen LogP contribution >= 0.6 is 31.3 Å². The van der Waals surface area contributed by atoms with Gasteiger partial charge < -0.3 is 58.1 Å². The van der Waals surface area contributed by atoms with Gasteiger partial charge in [0.2, 0.25) is 23.6 Å². The van der Waals surface area contributed by atoms with Crippen LogP contribution in [0.4, 0.5) is 0 Å². The van der Waals surface area contributed by atoms with E-state index in [0.29, 0.717) is 119 Å². The number of rotatable bonds is 22. The monoisotopic (exact) mass is 1520 g/mol. The maximum absolute atomic E-state index is 13.4. The van der Waals surface area contributed by atoms with Gasteiger partial charge in [-0.2, -0.15) is 21.0 Å². The number of carbonyl (C=O) groups is 4. The van der Waals surface area contributed by atoms with Gasteiger partial charge in [0.15, 0.2) is 0 Å². The summed E-state index contributed by atoms with van der Waals surface area (Å²) in [4.78, 5) is 101. The normalized spacial score (nSPS) is 26.9. The molecular weight excluding hydrogens is 1440 g/mol. The molecule has 104 heavy (non-hydrogen) atoms. The molecule has 4 fully saturated rings. The fourth-order valence-corrected chi connectivity index (χ4v) is 18.6. The van der Waals surface area contributed by atoms with Crippen LogP contribution in [0.1, 0.15) is 175 Å². The maximum Gasteiger partial charge on any atom is 0.472 e. The maximum atomic E-state index is 13.4. The summed E-state index contributed by atoms with van der Waals surface area (Å²) in [6, 6.07) is 23.6. The second kappa shape index (κ2) is 30.0. The molecule has 0 aromatic heterocycles. The molecule has 36 heteroatoms. The molecule has 4 aromatic carbocycles. The number of ether oxygens (including phenoxy) is 4. The zero-order chi connectivity index (χ0) is 75.3. The lowest BCUT2D eigenvalue weighted by molar-refractivity contribution is -0.140. The Morgan fingerprint density at radius 3 is 0.731 bits per heavy atom. The zero-order valence-electron chi connectivity index (χ0n) is 58.2. The standard InChI is InChI=1S/2C34H40N4O12P2/c2*1-33(2)31(29(37-13-5-7-27(37)39)23-17-21(19-35)9-11-25(23)47-33)49-51(41,42)45-15-16-46-52(43,44)50-32-30(38-14-6-8-28(38)40)24-18-22(20-36)10-12-26(24)48-34(32,3)4/h2*9-12,17-18,29-32H,5-8,13-16H2,1-4H3,(H,41,42)(H,43,44)/t2*29-,30-,31+,32+/m10/s1. The number of amides is 4. The Hall–Kier alpha value is -7.64. The van der Waals surface area contributed by atoms with Crippen molar-refractivity contribution in [2.45, 2.75) is 178 Å². The third-order valence-electron chi connectivity index (χ3n) is 19.2. The molecule has 4 saturated heterocycles. The number of carbonyl (C=O) groups excluding carboxylic acids is 4. The predicted octanol–water partition coefficient (Wildman–Crippen LogP) is 9.61. The number of nitriles is 4. The van der Waals surface area contributed by atoms with Gasteiger partial charge in [-0.25, -0.2) is 18.3 Å². The number of hydrogen-bond acceptors (Lipinski definition) is 24. The predicted molar refractivity (Wildman–Crippen MR) is 361 cm³/mol. The summed E-state index contributed by atoms with van der Waals surface area (Å²) in [5.74, 6) is 0.809. The summed E-state index contributed by atoms with van der Waals surface area (Å²) >= 11 is 0. The lowest BCUT2D eigenvalue weighted by Crippen LogP contribution is -2.54. The van der Waals surface area contributed by atoms with Crippen LogP contribution in [-0.4, -0.2) is 162 Å². The van der Waals surface area contributed by atoms with Gasteiger partial charge in [-0.1, -0.05) is 0 Å². The lowest BCUT2D eigenvalue weighted by Gasteiger charge is -2.47. The van der Waals surface area contributed by atoms with Gasteiger partial charge in [0.25, 0.3) is 0 Å². The van der Waals surface area contributed by atoms with Crippen LogP contribution in [0, 0.1) is 45.3 Å². The van der Waals surface area contributed by atoms with Crippen LogP contribution in [-0.2, 0) is 73.6 Å².